The Hall–Kier alpha value is -1.10. The third kappa shape index (κ3) is 3.47. The predicted molar refractivity (Wildman–Crippen MR) is 76.8 cm³/mol. The van der Waals surface area contributed by atoms with Gasteiger partial charge in [0, 0.05) is 18.3 Å². The van der Waals surface area contributed by atoms with Crippen LogP contribution in [0.25, 0.3) is 5.57 Å². The Kier molecular flexibility index (Phi) is 5.19. The van der Waals surface area contributed by atoms with Crippen molar-refractivity contribution in [2.45, 2.75) is 18.9 Å². The minimum atomic E-state index is 0. The zero-order valence-electron chi connectivity index (χ0n) is 10.8. The monoisotopic (exact) mass is 282 g/mol. The highest BCUT2D eigenvalue weighted by molar-refractivity contribution is 5.85. The average Bonchev–Trinajstić information content (AvgIpc) is 2.93. The van der Waals surface area contributed by atoms with E-state index < -0.39 is 0 Å². The van der Waals surface area contributed by atoms with E-state index in [1.54, 1.807) is 6.20 Å². The fourth-order valence-corrected chi connectivity index (χ4v) is 2.39. The van der Waals surface area contributed by atoms with E-state index in [-0.39, 0.29) is 18.5 Å². The Morgan fingerprint density at radius 2 is 2.37 bits per heavy atom. The van der Waals surface area contributed by atoms with Crippen molar-refractivity contribution >= 4 is 18.0 Å². The van der Waals surface area contributed by atoms with Gasteiger partial charge in [-0.2, -0.15) is 0 Å². The topological polar surface area (TPSA) is 43.4 Å². The summed E-state index contributed by atoms with van der Waals surface area (Å²) in [5, 5.41) is 3.30. The maximum atomic E-state index is 6.00. The van der Waals surface area contributed by atoms with Gasteiger partial charge in [0.2, 0.25) is 5.88 Å². The van der Waals surface area contributed by atoms with Gasteiger partial charge in [-0.3, -0.25) is 0 Å². The van der Waals surface area contributed by atoms with Crippen LogP contribution in [-0.4, -0.2) is 37.4 Å². The second-order valence-electron chi connectivity index (χ2n) is 4.64. The summed E-state index contributed by atoms with van der Waals surface area (Å²) in [7, 11) is 0. The van der Waals surface area contributed by atoms with Crippen LogP contribution in [0.2, 0.25) is 0 Å². The van der Waals surface area contributed by atoms with Gasteiger partial charge in [0.1, 0.15) is 6.10 Å². The van der Waals surface area contributed by atoms with Crippen LogP contribution < -0.4 is 10.1 Å². The van der Waals surface area contributed by atoms with Crippen LogP contribution in [-0.2, 0) is 4.74 Å². The van der Waals surface area contributed by atoms with Crippen LogP contribution in [0.15, 0.2) is 24.4 Å². The molecule has 3 heterocycles. The van der Waals surface area contributed by atoms with Crippen LogP contribution in [0.3, 0.4) is 0 Å². The standard InChI is InChI=1S/C14H18N2O2.ClH/c1-2-13(11-4-8-17-9-5-11)14(16-6-1)18-12-3-7-15-10-12;/h1-2,4,6,12,15H,3,5,7-10H2;1H/t12-;/m0./s1. The largest absolute Gasteiger partial charge is 0.473 e. The molecule has 2 aliphatic heterocycles. The number of nitrogens with one attached hydrogen (secondary N) is 1. The molecular formula is C14H19ClN2O2. The van der Waals surface area contributed by atoms with Gasteiger partial charge in [-0.05, 0) is 37.1 Å². The molecule has 1 aromatic heterocycles. The van der Waals surface area contributed by atoms with Gasteiger partial charge in [0.25, 0.3) is 0 Å². The molecule has 104 valence electrons. The van der Waals surface area contributed by atoms with Crippen molar-refractivity contribution in [3.63, 3.8) is 0 Å². The van der Waals surface area contributed by atoms with Gasteiger partial charge < -0.3 is 14.8 Å². The number of nitrogens with zero attached hydrogens (tertiary/aromatic N) is 1. The summed E-state index contributed by atoms with van der Waals surface area (Å²) in [4.78, 5) is 4.39. The van der Waals surface area contributed by atoms with Crippen LogP contribution in [0.5, 0.6) is 5.88 Å². The lowest BCUT2D eigenvalue weighted by Crippen LogP contribution is -2.20. The molecule has 0 aliphatic carbocycles. The maximum Gasteiger partial charge on any atom is 0.221 e. The van der Waals surface area contributed by atoms with Gasteiger partial charge in [-0.25, -0.2) is 4.98 Å². The van der Waals surface area contributed by atoms with Gasteiger partial charge >= 0.3 is 0 Å². The molecule has 0 saturated carbocycles. The Morgan fingerprint density at radius 1 is 1.42 bits per heavy atom. The van der Waals surface area contributed by atoms with Crippen LogP contribution in [0.1, 0.15) is 18.4 Å². The summed E-state index contributed by atoms with van der Waals surface area (Å²) in [6.07, 6.45) is 6.16. The molecule has 0 bridgehead atoms. The zero-order valence-corrected chi connectivity index (χ0v) is 11.6. The number of hydrogen-bond donors (Lipinski definition) is 1. The molecular weight excluding hydrogens is 264 g/mol. The highest BCUT2D eigenvalue weighted by atomic mass is 35.5. The molecule has 2 aliphatic rings. The first-order valence-corrected chi connectivity index (χ1v) is 6.53. The van der Waals surface area contributed by atoms with Crippen molar-refractivity contribution in [3.8, 4) is 5.88 Å². The molecule has 19 heavy (non-hydrogen) atoms. The molecule has 0 aromatic carbocycles. The highest BCUT2D eigenvalue weighted by Crippen LogP contribution is 2.28. The smallest absolute Gasteiger partial charge is 0.221 e. The van der Waals surface area contributed by atoms with E-state index in [9.17, 15) is 0 Å². The molecule has 1 atom stereocenters. The van der Waals surface area contributed by atoms with Crippen molar-refractivity contribution < 1.29 is 9.47 Å². The Morgan fingerprint density at radius 3 is 3.11 bits per heavy atom. The first-order valence-electron chi connectivity index (χ1n) is 6.53. The summed E-state index contributed by atoms with van der Waals surface area (Å²) in [5.41, 5.74) is 2.41. The number of aromatic nitrogens is 1. The molecule has 1 N–H and O–H groups in total. The fourth-order valence-electron chi connectivity index (χ4n) is 2.39. The average molecular weight is 283 g/mol. The number of pyridine rings is 1. The van der Waals surface area contributed by atoms with E-state index >= 15 is 0 Å². The van der Waals surface area contributed by atoms with Gasteiger partial charge in [-0.15, -0.1) is 12.4 Å². The zero-order chi connectivity index (χ0) is 12.2. The minimum Gasteiger partial charge on any atom is -0.473 e. The fraction of sp³-hybridized carbons (Fsp3) is 0.500. The molecule has 4 nitrogen and oxygen atoms in total. The van der Waals surface area contributed by atoms with Crippen molar-refractivity contribution in [2.24, 2.45) is 0 Å². The quantitative estimate of drug-likeness (QED) is 0.921. The molecule has 1 aromatic rings. The van der Waals surface area contributed by atoms with E-state index in [1.807, 2.05) is 6.07 Å². The van der Waals surface area contributed by atoms with Gasteiger partial charge in [0.15, 0.2) is 0 Å². The Balaban J connectivity index is 0.00000133. The second-order valence-corrected chi connectivity index (χ2v) is 4.64. The molecule has 0 amide bonds. The van der Waals surface area contributed by atoms with Crippen LogP contribution in [0, 0.1) is 0 Å². The van der Waals surface area contributed by atoms with E-state index in [4.69, 9.17) is 9.47 Å². The van der Waals surface area contributed by atoms with Crippen molar-refractivity contribution in [3.05, 3.63) is 30.0 Å². The van der Waals surface area contributed by atoms with Gasteiger partial charge in [0.05, 0.1) is 13.2 Å². The second kappa shape index (κ2) is 6.89. The third-order valence-electron chi connectivity index (χ3n) is 3.37. The summed E-state index contributed by atoms with van der Waals surface area (Å²) in [6, 6.07) is 4.05. The van der Waals surface area contributed by atoms with E-state index in [2.05, 4.69) is 22.4 Å². The van der Waals surface area contributed by atoms with E-state index in [0.717, 1.165) is 44.0 Å². The molecule has 0 unspecified atom stereocenters. The number of hydrogen-bond acceptors (Lipinski definition) is 4. The molecule has 0 spiro atoms. The van der Waals surface area contributed by atoms with Crippen LogP contribution >= 0.6 is 12.4 Å². The summed E-state index contributed by atoms with van der Waals surface area (Å²) >= 11 is 0. The number of halogens is 1. The van der Waals surface area contributed by atoms with Crippen molar-refractivity contribution in [1.29, 1.82) is 0 Å². The normalized spacial score (nSPS) is 22.5. The van der Waals surface area contributed by atoms with E-state index in [1.165, 1.54) is 5.57 Å². The number of rotatable bonds is 3. The Labute approximate surface area is 119 Å². The summed E-state index contributed by atoms with van der Waals surface area (Å²) in [5.74, 6) is 0.763. The summed E-state index contributed by atoms with van der Waals surface area (Å²) in [6.45, 7) is 3.42. The molecule has 1 fully saturated rings. The maximum absolute atomic E-state index is 6.00. The Bertz CT molecular complexity index is 445. The first kappa shape index (κ1) is 14.3. The number of ether oxygens (including phenoxy) is 2. The lowest BCUT2D eigenvalue weighted by atomic mass is 10.0. The lowest BCUT2D eigenvalue weighted by Gasteiger charge is -2.18. The first-order chi connectivity index (χ1) is 8.93. The van der Waals surface area contributed by atoms with Crippen molar-refractivity contribution in [1.82, 2.24) is 10.3 Å². The van der Waals surface area contributed by atoms with Crippen LogP contribution in [0.4, 0.5) is 0 Å². The van der Waals surface area contributed by atoms with Crippen molar-refractivity contribution in [2.75, 3.05) is 26.3 Å². The minimum absolute atomic E-state index is 0. The molecule has 5 heteroatoms. The highest BCUT2D eigenvalue weighted by Gasteiger charge is 2.19. The molecule has 1 saturated heterocycles. The predicted octanol–water partition coefficient (Wildman–Crippen LogP) is 2.05. The summed E-state index contributed by atoms with van der Waals surface area (Å²) < 4.78 is 11.4. The third-order valence-corrected chi connectivity index (χ3v) is 3.37. The van der Waals surface area contributed by atoms with Gasteiger partial charge in [-0.1, -0.05) is 6.08 Å². The SMILES string of the molecule is C1=C(c2cccnc2O[C@H]2CCNC2)CCOC1.Cl. The molecule has 3 rings (SSSR count). The van der Waals surface area contributed by atoms with E-state index in [0.29, 0.717) is 6.61 Å². The molecule has 0 radical (unpaired) electrons. The lowest BCUT2D eigenvalue weighted by molar-refractivity contribution is 0.161.